The molecular formula is C31H27N3O3S2. The first kappa shape index (κ1) is 26.3. The molecular weight excluding hydrogens is 526 g/mol. The van der Waals surface area contributed by atoms with Crippen LogP contribution in [0.3, 0.4) is 0 Å². The molecule has 39 heavy (non-hydrogen) atoms. The number of benzene rings is 4. The minimum atomic E-state index is -3.99. The molecule has 1 aromatic heterocycles. The van der Waals surface area contributed by atoms with Crippen LogP contribution in [0.5, 0.6) is 5.75 Å². The molecule has 8 heteroatoms. The van der Waals surface area contributed by atoms with Crippen LogP contribution in [0, 0.1) is 20.8 Å². The van der Waals surface area contributed by atoms with Crippen molar-refractivity contribution in [1.29, 1.82) is 0 Å². The van der Waals surface area contributed by atoms with Crippen LogP contribution >= 0.6 is 11.3 Å². The van der Waals surface area contributed by atoms with Gasteiger partial charge in [-0.05, 0) is 67.8 Å². The van der Waals surface area contributed by atoms with Crippen LogP contribution in [0.15, 0.2) is 107 Å². The summed E-state index contributed by atoms with van der Waals surface area (Å²) in [5.41, 5.74) is 9.89. The molecule has 0 unspecified atom stereocenters. The van der Waals surface area contributed by atoms with Crippen LogP contribution in [0.2, 0.25) is 0 Å². The highest BCUT2D eigenvalue weighted by molar-refractivity contribution is 7.87. The second-order valence-electron chi connectivity index (χ2n) is 9.12. The molecule has 1 N–H and O–H groups in total. The van der Waals surface area contributed by atoms with Crippen LogP contribution in [-0.4, -0.2) is 19.6 Å². The normalized spacial score (nSPS) is 11.6. The smallest absolute Gasteiger partial charge is 0.339 e. The third kappa shape index (κ3) is 6.08. The van der Waals surface area contributed by atoms with E-state index >= 15 is 0 Å². The standard InChI is InChI=1S/C31H27N3O3S2/c1-21-13-17-27(18-14-21)39(35,36)37-28-12-8-7-11-26(28)20-32-34-31-33-29(25-16-15-22(2)23(3)19-25)30(38-31)24-9-5-4-6-10-24/h4-20H,1-3H3,(H,33,34)/b32-20-. The van der Waals surface area contributed by atoms with E-state index in [4.69, 9.17) is 9.17 Å². The number of para-hydroxylation sites is 1. The van der Waals surface area contributed by atoms with Crippen molar-refractivity contribution in [1.82, 2.24) is 4.98 Å². The zero-order chi connectivity index (χ0) is 27.4. The number of hydrogen-bond donors (Lipinski definition) is 1. The Morgan fingerprint density at radius 3 is 2.28 bits per heavy atom. The molecule has 5 rings (SSSR count). The van der Waals surface area contributed by atoms with Gasteiger partial charge in [-0.3, -0.25) is 5.43 Å². The maximum atomic E-state index is 12.8. The van der Waals surface area contributed by atoms with Crippen molar-refractivity contribution < 1.29 is 12.6 Å². The second kappa shape index (κ2) is 11.2. The SMILES string of the molecule is Cc1ccc(S(=O)(=O)Oc2ccccc2/C=N\Nc2nc(-c3ccc(C)c(C)c3)c(-c3ccccc3)s2)cc1. The number of aryl methyl sites for hydroxylation is 3. The molecule has 5 aromatic rings. The molecule has 0 amide bonds. The van der Waals surface area contributed by atoms with Crippen LogP contribution < -0.4 is 9.61 Å². The predicted octanol–water partition coefficient (Wildman–Crippen LogP) is 7.62. The van der Waals surface area contributed by atoms with Gasteiger partial charge in [-0.1, -0.05) is 83.6 Å². The van der Waals surface area contributed by atoms with E-state index in [0.717, 1.165) is 27.3 Å². The molecule has 1 heterocycles. The Kier molecular flexibility index (Phi) is 7.58. The maximum absolute atomic E-state index is 12.8. The van der Waals surface area contributed by atoms with Gasteiger partial charge in [0.25, 0.3) is 0 Å². The summed E-state index contributed by atoms with van der Waals surface area (Å²) in [7, 11) is -3.99. The zero-order valence-corrected chi connectivity index (χ0v) is 23.4. The quantitative estimate of drug-likeness (QED) is 0.121. The van der Waals surface area contributed by atoms with Gasteiger partial charge in [-0.25, -0.2) is 4.98 Å². The van der Waals surface area contributed by atoms with Gasteiger partial charge in [0, 0.05) is 11.1 Å². The van der Waals surface area contributed by atoms with Crippen LogP contribution in [0.1, 0.15) is 22.3 Å². The Morgan fingerprint density at radius 2 is 1.54 bits per heavy atom. The van der Waals surface area contributed by atoms with Gasteiger partial charge in [0.1, 0.15) is 4.90 Å². The average Bonchev–Trinajstić information content (AvgIpc) is 3.36. The summed E-state index contributed by atoms with van der Waals surface area (Å²) < 4.78 is 31.1. The molecule has 0 atom stereocenters. The Bertz CT molecular complexity index is 1740. The highest BCUT2D eigenvalue weighted by atomic mass is 32.2. The Balaban J connectivity index is 1.41. The van der Waals surface area contributed by atoms with Crippen LogP contribution in [-0.2, 0) is 10.1 Å². The fourth-order valence-electron chi connectivity index (χ4n) is 3.93. The van der Waals surface area contributed by atoms with Crippen molar-refractivity contribution >= 4 is 32.8 Å². The van der Waals surface area contributed by atoms with Gasteiger partial charge in [-0.15, -0.1) is 0 Å². The van der Waals surface area contributed by atoms with Gasteiger partial charge >= 0.3 is 10.1 Å². The van der Waals surface area contributed by atoms with Crippen molar-refractivity contribution in [2.75, 3.05) is 5.43 Å². The number of nitrogens with zero attached hydrogens (tertiary/aromatic N) is 2. The van der Waals surface area contributed by atoms with E-state index in [9.17, 15) is 8.42 Å². The van der Waals surface area contributed by atoms with E-state index in [1.54, 1.807) is 36.4 Å². The second-order valence-corrected chi connectivity index (χ2v) is 11.7. The summed E-state index contributed by atoms with van der Waals surface area (Å²) in [6, 6.07) is 29.8. The fourth-order valence-corrected chi connectivity index (χ4v) is 5.83. The lowest BCUT2D eigenvalue weighted by molar-refractivity contribution is 0.485. The van der Waals surface area contributed by atoms with E-state index in [1.165, 1.54) is 40.8 Å². The van der Waals surface area contributed by atoms with E-state index in [1.807, 2.05) is 25.1 Å². The lowest BCUT2D eigenvalue weighted by Crippen LogP contribution is -2.11. The summed E-state index contributed by atoms with van der Waals surface area (Å²) in [5.74, 6) is 0.184. The summed E-state index contributed by atoms with van der Waals surface area (Å²) in [4.78, 5) is 5.98. The summed E-state index contributed by atoms with van der Waals surface area (Å²) in [5, 5.41) is 4.97. The lowest BCUT2D eigenvalue weighted by atomic mass is 10.0. The molecule has 0 spiro atoms. The van der Waals surface area contributed by atoms with Crippen molar-refractivity contribution in [2.45, 2.75) is 25.7 Å². The van der Waals surface area contributed by atoms with Crippen molar-refractivity contribution in [2.24, 2.45) is 5.10 Å². The van der Waals surface area contributed by atoms with Gasteiger partial charge in [0.15, 0.2) is 5.75 Å². The highest BCUT2D eigenvalue weighted by Gasteiger charge is 2.18. The largest absolute Gasteiger partial charge is 0.378 e. The number of nitrogens with one attached hydrogen (secondary N) is 1. The monoisotopic (exact) mass is 553 g/mol. The summed E-state index contributed by atoms with van der Waals surface area (Å²) in [6.45, 7) is 6.08. The molecule has 196 valence electrons. The van der Waals surface area contributed by atoms with Gasteiger partial charge in [-0.2, -0.15) is 13.5 Å². The summed E-state index contributed by atoms with van der Waals surface area (Å²) >= 11 is 1.50. The molecule has 0 saturated heterocycles. The first-order valence-corrected chi connectivity index (χ1v) is 14.6. The van der Waals surface area contributed by atoms with Crippen molar-refractivity contribution in [3.8, 4) is 27.4 Å². The van der Waals surface area contributed by atoms with Crippen molar-refractivity contribution in [3.63, 3.8) is 0 Å². The number of hydrogen-bond acceptors (Lipinski definition) is 7. The number of anilines is 1. The highest BCUT2D eigenvalue weighted by Crippen LogP contribution is 2.39. The molecule has 6 nitrogen and oxygen atoms in total. The third-order valence-corrected chi connectivity index (χ3v) is 8.49. The van der Waals surface area contributed by atoms with E-state index < -0.39 is 10.1 Å². The van der Waals surface area contributed by atoms with Gasteiger partial charge < -0.3 is 4.18 Å². The number of rotatable bonds is 8. The topological polar surface area (TPSA) is 80.7 Å². The minimum absolute atomic E-state index is 0.0908. The fraction of sp³-hybridized carbons (Fsp3) is 0.0968. The molecule has 0 fully saturated rings. The first-order chi connectivity index (χ1) is 18.8. The molecule has 0 aliphatic heterocycles. The predicted molar refractivity (Wildman–Crippen MR) is 159 cm³/mol. The Morgan fingerprint density at radius 1 is 0.821 bits per heavy atom. The number of hydrazone groups is 1. The van der Waals surface area contributed by atoms with Gasteiger partial charge in [0.05, 0.1) is 16.8 Å². The van der Waals surface area contributed by atoms with Crippen LogP contribution in [0.4, 0.5) is 5.13 Å². The number of aromatic nitrogens is 1. The maximum Gasteiger partial charge on any atom is 0.339 e. The van der Waals surface area contributed by atoms with E-state index in [-0.39, 0.29) is 10.6 Å². The lowest BCUT2D eigenvalue weighted by Gasteiger charge is -2.09. The number of thiazole rings is 1. The molecule has 4 aromatic carbocycles. The van der Waals surface area contributed by atoms with Crippen LogP contribution in [0.25, 0.3) is 21.7 Å². The molecule has 0 saturated carbocycles. The molecule has 0 aliphatic carbocycles. The van der Waals surface area contributed by atoms with E-state index in [0.29, 0.717) is 10.7 Å². The van der Waals surface area contributed by atoms with Gasteiger partial charge in [0.2, 0.25) is 5.13 Å². The molecule has 0 aliphatic rings. The summed E-state index contributed by atoms with van der Waals surface area (Å²) in [6.07, 6.45) is 1.53. The van der Waals surface area contributed by atoms with Crippen molar-refractivity contribution in [3.05, 3.63) is 119 Å². The Labute approximate surface area is 232 Å². The Hall–Kier alpha value is -4.27. The minimum Gasteiger partial charge on any atom is -0.378 e. The average molecular weight is 554 g/mol. The third-order valence-electron chi connectivity index (χ3n) is 6.24. The zero-order valence-electron chi connectivity index (χ0n) is 21.8. The molecule has 0 radical (unpaired) electrons. The first-order valence-electron chi connectivity index (χ1n) is 12.3. The van der Waals surface area contributed by atoms with E-state index in [2.05, 4.69) is 54.7 Å². The molecule has 0 bridgehead atoms.